The van der Waals surface area contributed by atoms with Crippen LogP contribution in [0.1, 0.15) is 13.8 Å². The minimum absolute atomic E-state index is 0.0286. The van der Waals surface area contributed by atoms with Crippen molar-refractivity contribution in [3.8, 4) is 5.75 Å². The number of nitrogens with one attached hydrogen (secondary N) is 2. The van der Waals surface area contributed by atoms with Gasteiger partial charge >= 0.3 is 6.03 Å². The van der Waals surface area contributed by atoms with Crippen molar-refractivity contribution in [3.05, 3.63) is 36.7 Å². The Labute approximate surface area is 106 Å². The average Bonchev–Trinajstić information content (AvgIpc) is 2.29. The Balaban J connectivity index is 2.67. The van der Waals surface area contributed by atoms with Gasteiger partial charge in [-0.15, -0.1) is 6.58 Å². The van der Waals surface area contributed by atoms with Crippen LogP contribution in [0.25, 0.3) is 0 Å². The van der Waals surface area contributed by atoms with E-state index in [0.29, 0.717) is 12.3 Å². The summed E-state index contributed by atoms with van der Waals surface area (Å²) in [7, 11) is 0. The number of hydrogen-bond donors (Lipinski definition) is 2. The van der Waals surface area contributed by atoms with Crippen LogP contribution in [0, 0.1) is 5.82 Å². The van der Waals surface area contributed by atoms with E-state index in [9.17, 15) is 9.18 Å². The molecule has 98 valence electrons. The topological polar surface area (TPSA) is 50.4 Å². The van der Waals surface area contributed by atoms with Crippen LogP contribution in [-0.4, -0.2) is 18.7 Å². The summed E-state index contributed by atoms with van der Waals surface area (Å²) in [5.74, 6) is -0.110. The van der Waals surface area contributed by atoms with Gasteiger partial charge in [0.05, 0.1) is 11.8 Å². The highest BCUT2D eigenvalue weighted by molar-refractivity contribution is 5.89. The van der Waals surface area contributed by atoms with Gasteiger partial charge in [-0.05, 0) is 26.0 Å². The van der Waals surface area contributed by atoms with E-state index in [1.54, 1.807) is 6.07 Å². The molecule has 0 atom stereocenters. The lowest BCUT2D eigenvalue weighted by atomic mass is 10.3. The number of hydrogen-bond acceptors (Lipinski definition) is 2. The zero-order valence-corrected chi connectivity index (χ0v) is 10.5. The second-order valence-corrected chi connectivity index (χ2v) is 3.93. The van der Waals surface area contributed by atoms with E-state index in [1.807, 2.05) is 13.8 Å². The molecule has 2 amide bonds. The van der Waals surface area contributed by atoms with E-state index in [2.05, 4.69) is 17.2 Å². The molecule has 2 N–H and O–H groups in total. The third-order valence-corrected chi connectivity index (χ3v) is 1.97. The van der Waals surface area contributed by atoms with Crippen LogP contribution in [0.5, 0.6) is 5.75 Å². The molecule has 4 nitrogen and oxygen atoms in total. The molecule has 0 aliphatic rings. The van der Waals surface area contributed by atoms with Gasteiger partial charge in [-0.1, -0.05) is 6.08 Å². The number of rotatable bonds is 5. The van der Waals surface area contributed by atoms with Gasteiger partial charge in [-0.3, -0.25) is 0 Å². The van der Waals surface area contributed by atoms with Crippen molar-refractivity contribution in [2.75, 3.05) is 11.9 Å². The highest BCUT2D eigenvalue weighted by Gasteiger charge is 2.08. The fraction of sp³-hybridized carbons (Fsp3) is 0.308. The van der Waals surface area contributed by atoms with Gasteiger partial charge in [0.1, 0.15) is 11.6 Å². The fourth-order valence-electron chi connectivity index (χ4n) is 1.27. The highest BCUT2D eigenvalue weighted by Crippen LogP contribution is 2.21. The van der Waals surface area contributed by atoms with Crippen LogP contribution >= 0.6 is 0 Å². The number of urea groups is 1. The SMILES string of the molecule is C=CCNC(=O)Nc1ccc(OC(C)C)cc1F. The lowest BCUT2D eigenvalue weighted by Gasteiger charge is -2.11. The normalized spacial score (nSPS) is 10.0. The molecule has 0 heterocycles. The quantitative estimate of drug-likeness (QED) is 0.792. The molecule has 0 fully saturated rings. The van der Waals surface area contributed by atoms with Crippen molar-refractivity contribution in [1.29, 1.82) is 0 Å². The van der Waals surface area contributed by atoms with Crippen molar-refractivity contribution in [3.63, 3.8) is 0 Å². The van der Waals surface area contributed by atoms with Gasteiger partial charge in [0.2, 0.25) is 0 Å². The standard InChI is InChI=1S/C13H17FN2O2/c1-4-7-15-13(17)16-12-6-5-10(8-11(12)14)18-9(2)3/h4-6,8-9H,1,7H2,2-3H3,(H2,15,16,17). The number of halogens is 1. The Morgan fingerprint density at radius 2 is 2.28 bits per heavy atom. The molecule has 18 heavy (non-hydrogen) atoms. The number of anilines is 1. The highest BCUT2D eigenvalue weighted by atomic mass is 19.1. The van der Waals surface area contributed by atoms with Crippen LogP contribution in [0.4, 0.5) is 14.9 Å². The van der Waals surface area contributed by atoms with Crippen molar-refractivity contribution in [1.82, 2.24) is 5.32 Å². The Kier molecular flexibility index (Phi) is 5.17. The largest absolute Gasteiger partial charge is 0.491 e. The molecule has 0 bridgehead atoms. The molecule has 5 heteroatoms. The predicted molar refractivity (Wildman–Crippen MR) is 69.4 cm³/mol. The molecule has 0 aromatic heterocycles. The van der Waals surface area contributed by atoms with Crippen molar-refractivity contribution < 1.29 is 13.9 Å². The Hall–Kier alpha value is -2.04. The molecule has 0 unspecified atom stereocenters. The van der Waals surface area contributed by atoms with Crippen LogP contribution in [0.2, 0.25) is 0 Å². The van der Waals surface area contributed by atoms with E-state index in [4.69, 9.17) is 4.74 Å². The summed E-state index contributed by atoms with van der Waals surface area (Å²) >= 11 is 0. The first-order valence-corrected chi connectivity index (χ1v) is 5.65. The number of ether oxygens (including phenoxy) is 1. The van der Waals surface area contributed by atoms with Crippen molar-refractivity contribution in [2.24, 2.45) is 0 Å². The number of amides is 2. The molecule has 0 aliphatic heterocycles. The van der Waals surface area contributed by atoms with E-state index in [1.165, 1.54) is 18.2 Å². The molecule has 1 aromatic carbocycles. The second-order valence-electron chi connectivity index (χ2n) is 3.93. The maximum atomic E-state index is 13.6. The fourth-order valence-corrected chi connectivity index (χ4v) is 1.27. The van der Waals surface area contributed by atoms with Crippen LogP contribution < -0.4 is 15.4 Å². The predicted octanol–water partition coefficient (Wildman–Crippen LogP) is 2.92. The zero-order valence-electron chi connectivity index (χ0n) is 10.5. The summed E-state index contributed by atoms with van der Waals surface area (Å²) in [4.78, 5) is 11.3. The monoisotopic (exact) mass is 252 g/mol. The first-order chi connectivity index (χ1) is 8.52. The lowest BCUT2D eigenvalue weighted by molar-refractivity contribution is 0.241. The molecule has 0 radical (unpaired) electrons. The summed E-state index contributed by atoms with van der Waals surface area (Å²) in [5, 5.41) is 4.89. The summed E-state index contributed by atoms with van der Waals surface area (Å²) in [6.45, 7) is 7.49. The van der Waals surface area contributed by atoms with E-state index in [-0.39, 0.29) is 11.8 Å². The van der Waals surface area contributed by atoms with E-state index in [0.717, 1.165) is 0 Å². The minimum Gasteiger partial charge on any atom is -0.491 e. The Morgan fingerprint density at radius 1 is 1.56 bits per heavy atom. The van der Waals surface area contributed by atoms with Gasteiger partial charge in [0.15, 0.2) is 0 Å². The zero-order chi connectivity index (χ0) is 13.5. The third kappa shape index (κ3) is 4.45. The van der Waals surface area contributed by atoms with Crippen LogP contribution in [-0.2, 0) is 0 Å². The molecule has 0 saturated heterocycles. The lowest BCUT2D eigenvalue weighted by Crippen LogP contribution is -2.28. The first kappa shape index (κ1) is 14.0. The average molecular weight is 252 g/mol. The number of benzene rings is 1. The summed E-state index contributed by atoms with van der Waals surface area (Å²) < 4.78 is 19.0. The third-order valence-electron chi connectivity index (χ3n) is 1.97. The molecular formula is C13H17FN2O2. The Morgan fingerprint density at radius 3 is 2.83 bits per heavy atom. The van der Waals surface area contributed by atoms with Gasteiger partial charge in [0.25, 0.3) is 0 Å². The molecule has 0 spiro atoms. The summed E-state index contributed by atoms with van der Waals surface area (Å²) in [6, 6.07) is 3.82. The molecule has 1 rings (SSSR count). The van der Waals surface area contributed by atoms with Gasteiger partial charge in [-0.25, -0.2) is 9.18 Å². The minimum atomic E-state index is -0.540. The molecular weight excluding hydrogens is 235 g/mol. The van der Waals surface area contributed by atoms with Gasteiger partial charge in [-0.2, -0.15) is 0 Å². The molecule has 0 aliphatic carbocycles. The molecule has 1 aromatic rings. The van der Waals surface area contributed by atoms with E-state index >= 15 is 0 Å². The maximum absolute atomic E-state index is 13.6. The van der Waals surface area contributed by atoms with Gasteiger partial charge < -0.3 is 15.4 Å². The smallest absolute Gasteiger partial charge is 0.319 e. The number of carbonyl (C=O) groups is 1. The van der Waals surface area contributed by atoms with Gasteiger partial charge in [0, 0.05) is 12.6 Å². The first-order valence-electron chi connectivity index (χ1n) is 5.65. The van der Waals surface area contributed by atoms with Crippen LogP contribution in [0.15, 0.2) is 30.9 Å². The molecule has 0 saturated carbocycles. The maximum Gasteiger partial charge on any atom is 0.319 e. The summed E-state index contributed by atoms with van der Waals surface area (Å²) in [5.41, 5.74) is 0.104. The second kappa shape index (κ2) is 6.64. The van der Waals surface area contributed by atoms with Crippen molar-refractivity contribution >= 4 is 11.7 Å². The summed E-state index contributed by atoms with van der Waals surface area (Å²) in [6.07, 6.45) is 1.51. The van der Waals surface area contributed by atoms with Crippen molar-refractivity contribution in [2.45, 2.75) is 20.0 Å². The Bertz CT molecular complexity index is 433. The van der Waals surface area contributed by atoms with Crippen LogP contribution in [0.3, 0.4) is 0 Å². The van der Waals surface area contributed by atoms with E-state index < -0.39 is 11.8 Å². The number of carbonyl (C=O) groups excluding carboxylic acids is 1.